The predicted octanol–water partition coefficient (Wildman–Crippen LogP) is 0.147. The van der Waals surface area contributed by atoms with Crippen molar-refractivity contribution in [1.29, 1.82) is 0 Å². The molecule has 0 aromatic carbocycles. The van der Waals surface area contributed by atoms with Gasteiger partial charge in [0.15, 0.2) is 0 Å². The van der Waals surface area contributed by atoms with Crippen LogP contribution in [0.15, 0.2) is 0 Å². The number of carbonyl (C=O) groups excluding carboxylic acids is 3. The summed E-state index contributed by atoms with van der Waals surface area (Å²) in [6.45, 7) is 8.33. The summed E-state index contributed by atoms with van der Waals surface area (Å²) in [5.74, 6) is -2.34. The molecule has 1 heterocycles. The van der Waals surface area contributed by atoms with E-state index in [0.717, 1.165) is 0 Å². The van der Waals surface area contributed by atoms with Crippen LogP contribution in [-0.2, 0) is 23.9 Å². The highest BCUT2D eigenvalue weighted by atomic mass is 16.6. The van der Waals surface area contributed by atoms with Gasteiger partial charge < -0.3 is 19.9 Å². The van der Waals surface area contributed by atoms with Crippen molar-refractivity contribution in [2.24, 2.45) is 5.41 Å². The van der Waals surface area contributed by atoms with E-state index in [4.69, 9.17) is 9.47 Å². The summed E-state index contributed by atoms with van der Waals surface area (Å²) in [5.41, 5.74) is -3.05. The summed E-state index contributed by atoms with van der Waals surface area (Å²) in [6.07, 6.45) is -1.12. The van der Waals surface area contributed by atoms with E-state index in [9.17, 15) is 19.5 Å². The van der Waals surface area contributed by atoms with Crippen LogP contribution in [0.2, 0.25) is 0 Å². The van der Waals surface area contributed by atoms with Crippen LogP contribution in [0.25, 0.3) is 0 Å². The summed E-state index contributed by atoms with van der Waals surface area (Å²) >= 11 is 0. The first kappa shape index (κ1) is 17.4. The van der Waals surface area contributed by atoms with Crippen LogP contribution in [0.5, 0.6) is 0 Å². The Kier molecular flexibility index (Phi) is 4.99. The maximum atomic E-state index is 11.9. The molecule has 7 nitrogen and oxygen atoms in total. The molecule has 0 unspecified atom stereocenters. The molecule has 1 aliphatic rings. The Morgan fingerprint density at radius 3 is 2.48 bits per heavy atom. The van der Waals surface area contributed by atoms with E-state index in [0.29, 0.717) is 0 Å². The largest absolute Gasteiger partial charge is 0.463 e. The van der Waals surface area contributed by atoms with Crippen LogP contribution < -0.4 is 5.32 Å². The van der Waals surface area contributed by atoms with Crippen LogP contribution >= 0.6 is 0 Å². The van der Waals surface area contributed by atoms with Crippen molar-refractivity contribution < 1.29 is 29.0 Å². The van der Waals surface area contributed by atoms with Crippen molar-refractivity contribution in [3.05, 3.63) is 0 Å². The number of ether oxygens (including phenoxy) is 2. The van der Waals surface area contributed by atoms with Gasteiger partial charge in [0.2, 0.25) is 5.60 Å². The molecule has 0 spiro atoms. The summed E-state index contributed by atoms with van der Waals surface area (Å²) < 4.78 is 10.0. The van der Waals surface area contributed by atoms with E-state index >= 15 is 0 Å². The maximum absolute atomic E-state index is 11.9. The Labute approximate surface area is 124 Å². The third kappa shape index (κ3) is 3.72. The highest BCUT2D eigenvalue weighted by Gasteiger charge is 2.53. The third-order valence-electron chi connectivity index (χ3n) is 3.27. The molecular formula is C14H23NO6. The molecule has 1 aliphatic heterocycles. The standard InChI is InChI=1S/C14H23NO6/c1-6-20-12(18)14(19)7-9(8(2)15-10(14)16)21-11(17)13(3,4)5/h8-9,19H,6-7H2,1-5H3,(H,15,16)/t8-,9+,14+/m0/s1. The lowest BCUT2D eigenvalue weighted by Crippen LogP contribution is -2.65. The van der Waals surface area contributed by atoms with Crippen LogP contribution in [0.1, 0.15) is 41.0 Å². The zero-order valence-corrected chi connectivity index (χ0v) is 13.1. The molecule has 0 aromatic heterocycles. The smallest absolute Gasteiger partial charge is 0.348 e. The Morgan fingerprint density at radius 1 is 1.43 bits per heavy atom. The third-order valence-corrected chi connectivity index (χ3v) is 3.27. The summed E-state index contributed by atoms with van der Waals surface area (Å²) in [5, 5.41) is 12.7. The monoisotopic (exact) mass is 301 g/mol. The summed E-state index contributed by atoms with van der Waals surface area (Å²) in [7, 11) is 0. The fourth-order valence-corrected chi connectivity index (χ4v) is 1.86. The molecule has 0 aliphatic carbocycles. The number of nitrogens with one attached hydrogen (secondary N) is 1. The molecule has 120 valence electrons. The first-order valence-electron chi connectivity index (χ1n) is 6.94. The number of esters is 2. The minimum absolute atomic E-state index is 0.0381. The number of rotatable bonds is 3. The van der Waals surface area contributed by atoms with E-state index in [1.807, 2.05) is 0 Å². The van der Waals surface area contributed by atoms with Crippen LogP contribution in [-0.4, -0.2) is 47.3 Å². The topological polar surface area (TPSA) is 102 Å². The average Bonchev–Trinajstić information content (AvgIpc) is 2.35. The molecule has 0 saturated carbocycles. The number of aliphatic hydroxyl groups is 1. The zero-order valence-electron chi connectivity index (χ0n) is 13.1. The zero-order chi connectivity index (χ0) is 16.4. The Bertz CT molecular complexity index is 431. The second kappa shape index (κ2) is 6.01. The maximum Gasteiger partial charge on any atom is 0.348 e. The molecule has 0 radical (unpaired) electrons. The first-order valence-corrected chi connectivity index (χ1v) is 6.94. The molecule has 3 atom stereocenters. The minimum atomic E-state index is -2.33. The van der Waals surface area contributed by atoms with Crippen molar-refractivity contribution >= 4 is 17.8 Å². The number of carbonyl (C=O) groups is 3. The molecule has 1 amide bonds. The molecule has 0 bridgehead atoms. The summed E-state index contributed by atoms with van der Waals surface area (Å²) in [4.78, 5) is 35.6. The Morgan fingerprint density at radius 2 is 2.00 bits per heavy atom. The van der Waals surface area contributed by atoms with Crippen LogP contribution in [0.4, 0.5) is 0 Å². The van der Waals surface area contributed by atoms with Gasteiger partial charge in [-0.1, -0.05) is 0 Å². The molecule has 0 aromatic rings. The van der Waals surface area contributed by atoms with E-state index < -0.39 is 41.0 Å². The van der Waals surface area contributed by atoms with Gasteiger partial charge in [0, 0.05) is 6.42 Å². The molecule has 7 heteroatoms. The number of amides is 1. The van der Waals surface area contributed by atoms with E-state index in [-0.39, 0.29) is 13.0 Å². The molecular weight excluding hydrogens is 278 g/mol. The molecule has 21 heavy (non-hydrogen) atoms. The lowest BCUT2D eigenvalue weighted by Gasteiger charge is -2.38. The molecule has 1 fully saturated rings. The molecule has 1 rings (SSSR count). The summed E-state index contributed by atoms with van der Waals surface area (Å²) in [6, 6.07) is -0.501. The average molecular weight is 301 g/mol. The van der Waals surface area contributed by atoms with Crippen LogP contribution in [0.3, 0.4) is 0 Å². The predicted molar refractivity (Wildman–Crippen MR) is 73.1 cm³/mol. The fraction of sp³-hybridized carbons (Fsp3) is 0.786. The van der Waals surface area contributed by atoms with Gasteiger partial charge in [-0.3, -0.25) is 9.59 Å². The highest BCUT2D eigenvalue weighted by molar-refractivity contribution is 6.06. The van der Waals surface area contributed by atoms with Crippen molar-refractivity contribution in [3.8, 4) is 0 Å². The Hall–Kier alpha value is -1.63. The second-order valence-electron chi connectivity index (χ2n) is 6.24. The minimum Gasteiger partial charge on any atom is -0.463 e. The quantitative estimate of drug-likeness (QED) is 0.568. The van der Waals surface area contributed by atoms with E-state index in [2.05, 4.69) is 5.32 Å². The normalized spacial score (nSPS) is 29.5. The van der Waals surface area contributed by atoms with Gasteiger partial charge in [-0.25, -0.2) is 4.79 Å². The van der Waals surface area contributed by atoms with Gasteiger partial charge in [0.05, 0.1) is 18.1 Å². The SMILES string of the molecule is CCOC(=O)[C@@]1(O)C[C@@H](OC(=O)C(C)(C)C)[C@H](C)NC1=O. The number of piperidine rings is 1. The van der Waals surface area contributed by atoms with Crippen LogP contribution in [0, 0.1) is 5.41 Å². The lowest BCUT2D eigenvalue weighted by atomic mass is 9.87. The number of hydrogen-bond donors (Lipinski definition) is 2. The van der Waals surface area contributed by atoms with Crippen molar-refractivity contribution in [3.63, 3.8) is 0 Å². The van der Waals surface area contributed by atoms with Gasteiger partial charge in [-0.05, 0) is 34.6 Å². The fourth-order valence-electron chi connectivity index (χ4n) is 1.86. The van der Waals surface area contributed by atoms with Crippen molar-refractivity contribution in [2.45, 2.75) is 58.8 Å². The second-order valence-corrected chi connectivity index (χ2v) is 6.24. The van der Waals surface area contributed by atoms with Gasteiger partial charge >= 0.3 is 11.9 Å². The van der Waals surface area contributed by atoms with E-state index in [1.165, 1.54) is 0 Å². The molecule has 1 saturated heterocycles. The first-order chi connectivity index (χ1) is 9.52. The number of hydrogen-bond acceptors (Lipinski definition) is 6. The van der Waals surface area contributed by atoms with Crippen molar-refractivity contribution in [1.82, 2.24) is 5.32 Å². The van der Waals surface area contributed by atoms with Crippen molar-refractivity contribution in [2.75, 3.05) is 6.61 Å². The van der Waals surface area contributed by atoms with Gasteiger partial charge in [0.25, 0.3) is 5.91 Å². The lowest BCUT2D eigenvalue weighted by molar-refractivity contribution is -0.186. The van der Waals surface area contributed by atoms with E-state index in [1.54, 1.807) is 34.6 Å². The van der Waals surface area contributed by atoms with Gasteiger partial charge in [-0.15, -0.1) is 0 Å². The van der Waals surface area contributed by atoms with Gasteiger partial charge in [-0.2, -0.15) is 0 Å². The van der Waals surface area contributed by atoms with Gasteiger partial charge in [0.1, 0.15) is 6.10 Å². The molecule has 2 N–H and O–H groups in total. The Balaban J connectivity index is 2.90. The highest BCUT2D eigenvalue weighted by Crippen LogP contribution is 2.27.